The number of benzene rings is 1. The highest BCUT2D eigenvalue weighted by atomic mass is 19.3. The zero-order chi connectivity index (χ0) is 21.0. The average molecular weight is 415 g/mol. The maximum Gasteiger partial charge on any atom is 0.266 e. The molecule has 6 nitrogen and oxygen atoms in total. The van der Waals surface area contributed by atoms with Gasteiger partial charge in [0.1, 0.15) is 12.1 Å². The predicted octanol–water partition coefficient (Wildman–Crippen LogP) is 3.71. The van der Waals surface area contributed by atoms with E-state index in [4.69, 9.17) is 0 Å². The minimum Gasteiger partial charge on any atom is -0.332 e. The minimum absolute atomic E-state index is 0.0822. The van der Waals surface area contributed by atoms with Crippen LogP contribution in [-0.2, 0) is 0 Å². The Hall–Kier alpha value is -2.97. The molecule has 1 amide bonds. The van der Waals surface area contributed by atoms with E-state index in [0.29, 0.717) is 22.7 Å². The van der Waals surface area contributed by atoms with Crippen LogP contribution in [-0.4, -0.2) is 49.4 Å². The molecule has 2 aromatic heterocycles. The van der Waals surface area contributed by atoms with Gasteiger partial charge in [-0.25, -0.2) is 22.7 Å². The molecule has 3 heterocycles. The third-order valence-electron chi connectivity index (χ3n) is 5.79. The first-order chi connectivity index (χ1) is 14.3. The molecule has 1 saturated carbocycles. The SMILES string of the molecule is Cc1cc(C2CN(C(=O)c3ccc(C4CC4)c(F)c3)CC(F)(F)C2)n2ncnc2n1. The quantitative estimate of drug-likeness (QED) is 0.654. The lowest BCUT2D eigenvalue weighted by Crippen LogP contribution is -2.49. The van der Waals surface area contributed by atoms with Gasteiger partial charge >= 0.3 is 0 Å². The second-order valence-electron chi connectivity index (χ2n) is 8.25. The Morgan fingerprint density at radius 3 is 2.73 bits per heavy atom. The van der Waals surface area contributed by atoms with Crippen LogP contribution in [0.5, 0.6) is 0 Å². The molecular formula is C21H20F3N5O. The largest absolute Gasteiger partial charge is 0.332 e. The molecule has 1 unspecified atom stereocenters. The first kappa shape index (κ1) is 19.0. The Bertz CT molecular complexity index is 1140. The number of carbonyl (C=O) groups is 1. The summed E-state index contributed by atoms with van der Waals surface area (Å²) in [7, 11) is 0. The Kier molecular flexibility index (Phi) is 4.30. The minimum atomic E-state index is -3.07. The van der Waals surface area contributed by atoms with Crippen LogP contribution in [0.25, 0.3) is 5.78 Å². The van der Waals surface area contributed by atoms with Crippen molar-refractivity contribution in [3.63, 3.8) is 0 Å². The topological polar surface area (TPSA) is 63.4 Å². The molecule has 1 saturated heterocycles. The fourth-order valence-electron chi connectivity index (χ4n) is 4.27. The van der Waals surface area contributed by atoms with Gasteiger partial charge in [-0.15, -0.1) is 0 Å². The molecule has 5 rings (SSSR count). The molecule has 1 aliphatic carbocycles. The highest BCUT2D eigenvalue weighted by Gasteiger charge is 2.43. The molecule has 1 aliphatic heterocycles. The van der Waals surface area contributed by atoms with E-state index in [1.807, 2.05) is 0 Å². The number of alkyl halides is 2. The Morgan fingerprint density at radius 1 is 1.20 bits per heavy atom. The number of hydrogen-bond acceptors (Lipinski definition) is 4. The summed E-state index contributed by atoms with van der Waals surface area (Å²) in [5.41, 5.74) is 1.84. The van der Waals surface area contributed by atoms with Crippen molar-refractivity contribution in [2.24, 2.45) is 0 Å². The van der Waals surface area contributed by atoms with Gasteiger partial charge in [0, 0.05) is 30.1 Å². The number of hydrogen-bond donors (Lipinski definition) is 0. The molecule has 3 aromatic rings. The van der Waals surface area contributed by atoms with Crippen molar-refractivity contribution >= 4 is 11.7 Å². The van der Waals surface area contributed by atoms with Gasteiger partial charge in [0.15, 0.2) is 0 Å². The van der Waals surface area contributed by atoms with Crippen LogP contribution in [0.4, 0.5) is 13.2 Å². The first-order valence-electron chi connectivity index (χ1n) is 9.94. The number of piperidine rings is 1. The normalized spacial score (nSPS) is 21.2. The third kappa shape index (κ3) is 3.42. The Labute approximate surface area is 170 Å². The van der Waals surface area contributed by atoms with Crippen LogP contribution >= 0.6 is 0 Å². The van der Waals surface area contributed by atoms with Crippen molar-refractivity contribution < 1.29 is 18.0 Å². The summed E-state index contributed by atoms with van der Waals surface area (Å²) >= 11 is 0. The number of carbonyl (C=O) groups excluding carboxylic acids is 1. The number of nitrogens with zero attached hydrogens (tertiary/aromatic N) is 5. The predicted molar refractivity (Wildman–Crippen MR) is 102 cm³/mol. The summed E-state index contributed by atoms with van der Waals surface area (Å²) in [6, 6.07) is 6.00. The van der Waals surface area contributed by atoms with Gasteiger partial charge in [-0.05, 0) is 49.4 Å². The zero-order valence-corrected chi connectivity index (χ0v) is 16.4. The van der Waals surface area contributed by atoms with Gasteiger partial charge in [-0.1, -0.05) is 6.07 Å². The van der Waals surface area contributed by atoms with Crippen molar-refractivity contribution in [1.82, 2.24) is 24.5 Å². The third-order valence-corrected chi connectivity index (χ3v) is 5.79. The molecule has 2 fully saturated rings. The standard InChI is InChI=1S/C21H20F3N5O/c1-12-6-18(29-20(27-12)25-11-26-29)15-8-21(23,24)10-28(9-15)19(30)14-4-5-16(13-2-3-13)17(22)7-14/h4-7,11,13,15H,2-3,8-10H2,1H3. The van der Waals surface area contributed by atoms with E-state index in [9.17, 15) is 18.0 Å². The highest BCUT2D eigenvalue weighted by molar-refractivity contribution is 5.94. The molecule has 0 N–H and O–H groups in total. The van der Waals surface area contributed by atoms with E-state index in [-0.39, 0.29) is 18.0 Å². The maximum absolute atomic E-state index is 14.6. The fraction of sp³-hybridized carbons (Fsp3) is 0.429. The van der Waals surface area contributed by atoms with E-state index >= 15 is 0 Å². The van der Waals surface area contributed by atoms with E-state index in [1.165, 1.54) is 23.0 Å². The molecule has 0 spiro atoms. The van der Waals surface area contributed by atoms with Crippen molar-refractivity contribution in [2.45, 2.75) is 43.9 Å². The van der Waals surface area contributed by atoms with Crippen molar-refractivity contribution in [3.8, 4) is 0 Å². The molecule has 0 radical (unpaired) electrons. The summed E-state index contributed by atoms with van der Waals surface area (Å²) in [5, 5.41) is 4.10. The number of aryl methyl sites for hydroxylation is 1. The van der Waals surface area contributed by atoms with Gasteiger partial charge in [-0.3, -0.25) is 4.79 Å². The summed E-state index contributed by atoms with van der Waals surface area (Å²) in [4.78, 5) is 22.4. The zero-order valence-electron chi connectivity index (χ0n) is 16.4. The molecule has 30 heavy (non-hydrogen) atoms. The summed E-state index contributed by atoms with van der Waals surface area (Å²) in [6.45, 7) is 1.14. The molecule has 156 valence electrons. The van der Waals surface area contributed by atoms with Crippen molar-refractivity contribution in [3.05, 3.63) is 58.9 Å². The van der Waals surface area contributed by atoms with E-state index in [2.05, 4.69) is 15.1 Å². The smallest absolute Gasteiger partial charge is 0.266 e. The van der Waals surface area contributed by atoms with Gasteiger partial charge < -0.3 is 4.90 Å². The summed E-state index contributed by atoms with van der Waals surface area (Å²) < 4.78 is 45.1. The number of fused-ring (bicyclic) bond motifs is 1. The fourth-order valence-corrected chi connectivity index (χ4v) is 4.27. The molecular weight excluding hydrogens is 395 g/mol. The second kappa shape index (κ2) is 6.78. The van der Waals surface area contributed by atoms with Gasteiger partial charge in [0.05, 0.1) is 12.2 Å². The summed E-state index contributed by atoms with van der Waals surface area (Å²) in [6.07, 6.45) is 2.78. The molecule has 9 heteroatoms. The number of amides is 1. The van der Waals surface area contributed by atoms with E-state index in [0.717, 1.165) is 17.7 Å². The van der Waals surface area contributed by atoms with Crippen LogP contribution in [0.15, 0.2) is 30.6 Å². The Balaban J connectivity index is 1.46. The highest BCUT2D eigenvalue weighted by Crippen LogP contribution is 2.41. The van der Waals surface area contributed by atoms with Crippen molar-refractivity contribution in [2.75, 3.05) is 13.1 Å². The van der Waals surface area contributed by atoms with Crippen LogP contribution in [0.1, 0.15) is 58.4 Å². The monoisotopic (exact) mass is 415 g/mol. The lowest BCUT2D eigenvalue weighted by molar-refractivity contribution is -0.0641. The van der Waals surface area contributed by atoms with Crippen LogP contribution in [0.3, 0.4) is 0 Å². The van der Waals surface area contributed by atoms with Gasteiger partial charge in [0.25, 0.3) is 17.6 Å². The molecule has 1 atom stereocenters. The number of rotatable bonds is 3. The number of likely N-dealkylation sites (tertiary alicyclic amines) is 1. The lowest BCUT2D eigenvalue weighted by Gasteiger charge is -2.37. The average Bonchev–Trinajstić information content (AvgIpc) is 3.42. The molecule has 2 aliphatic rings. The van der Waals surface area contributed by atoms with E-state index in [1.54, 1.807) is 19.1 Å². The van der Waals surface area contributed by atoms with Gasteiger partial charge in [0.2, 0.25) is 0 Å². The lowest BCUT2D eigenvalue weighted by atomic mass is 9.91. The van der Waals surface area contributed by atoms with Crippen LogP contribution in [0, 0.1) is 12.7 Å². The summed E-state index contributed by atoms with van der Waals surface area (Å²) in [5.74, 6) is -4.24. The molecule has 1 aromatic carbocycles. The second-order valence-corrected chi connectivity index (χ2v) is 8.25. The van der Waals surface area contributed by atoms with Crippen LogP contribution < -0.4 is 0 Å². The Morgan fingerprint density at radius 2 is 2.00 bits per heavy atom. The number of aromatic nitrogens is 4. The maximum atomic E-state index is 14.6. The van der Waals surface area contributed by atoms with Crippen molar-refractivity contribution in [1.29, 1.82) is 0 Å². The van der Waals surface area contributed by atoms with E-state index < -0.39 is 36.5 Å². The van der Waals surface area contributed by atoms with Crippen LogP contribution in [0.2, 0.25) is 0 Å². The number of halogens is 3. The molecule has 0 bridgehead atoms. The first-order valence-corrected chi connectivity index (χ1v) is 9.94. The van der Waals surface area contributed by atoms with Gasteiger partial charge in [-0.2, -0.15) is 10.1 Å².